The Labute approximate surface area is 190 Å². The zero-order chi connectivity index (χ0) is 21.6. The predicted octanol–water partition coefficient (Wildman–Crippen LogP) is 8.38. The number of rotatable bonds is 9. The van der Waals surface area contributed by atoms with E-state index in [0.717, 1.165) is 48.3 Å². The van der Waals surface area contributed by atoms with Crippen LogP contribution in [-0.4, -0.2) is 12.7 Å². The smallest absolute Gasteiger partial charge is 0.130 e. The summed E-state index contributed by atoms with van der Waals surface area (Å²) in [6.45, 7) is 5.48. The number of ether oxygens (including phenoxy) is 1. The molecule has 0 radical (unpaired) electrons. The van der Waals surface area contributed by atoms with Crippen LogP contribution in [0.4, 0.5) is 4.39 Å². The summed E-state index contributed by atoms with van der Waals surface area (Å²) in [6.07, 6.45) is 18.8. The zero-order valence-electron chi connectivity index (χ0n) is 20.1. The standard InChI is InChI=1S/C29H45FO/c1-3-5-6-7-17-31-26-14-12-22-19-25(11-10-23(22)20-26)28-16-13-24-18-21(8-4-2)9-15-27(24)29(28)30/h13,16,21-23,25-26H,3-12,14-15,17-20H2,1-2H3. The second-order valence-electron chi connectivity index (χ2n) is 10.9. The van der Waals surface area contributed by atoms with Gasteiger partial charge in [-0.1, -0.05) is 58.1 Å². The van der Waals surface area contributed by atoms with Crippen LogP contribution < -0.4 is 0 Å². The van der Waals surface area contributed by atoms with E-state index in [1.165, 1.54) is 89.0 Å². The molecule has 0 aromatic heterocycles. The summed E-state index contributed by atoms with van der Waals surface area (Å²) in [5, 5.41) is 0. The summed E-state index contributed by atoms with van der Waals surface area (Å²) < 4.78 is 21.8. The van der Waals surface area contributed by atoms with Crippen molar-refractivity contribution in [2.24, 2.45) is 17.8 Å². The highest BCUT2D eigenvalue weighted by molar-refractivity contribution is 5.38. The second kappa shape index (κ2) is 11.3. The van der Waals surface area contributed by atoms with E-state index in [1.807, 2.05) is 0 Å². The summed E-state index contributed by atoms with van der Waals surface area (Å²) in [7, 11) is 0. The topological polar surface area (TPSA) is 9.23 Å². The minimum absolute atomic E-state index is 0.167. The first-order valence-electron chi connectivity index (χ1n) is 13.6. The van der Waals surface area contributed by atoms with Gasteiger partial charge in [0, 0.05) is 6.61 Å². The van der Waals surface area contributed by atoms with Gasteiger partial charge in [-0.05, 0) is 105 Å². The average molecular weight is 429 g/mol. The molecule has 0 spiro atoms. The predicted molar refractivity (Wildman–Crippen MR) is 128 cm³/mol. The van der Waals surface area contributed by atoms with Gasteiger partial charge in [0.1, 0.15) is 5.82 Å². The molecule has 4 rings (SSSR count). The van der Waals surface area contributed by atoms with Gasteiger partial charge in [0.15, 0.2) is 0 Å². The van der Waals surface area contributed by atoms with E-state index in [9.17, 15) is 0 Å². The molecular formula is C29H45FO. The first-order chi connectivity index (χ1) is 15.2. The highest BCUT2D eigenvalue weighted by atomic mass is 19.1. The average Bonchev–Trinajstić information content (AvgIpc) is 2.79. The van der Waals surface area contributed by atoms with Crippen molar-refractivity contribution >= 4 is 0 Å². The first kappa shape index (κ1) is 23.3. The Kier molecular flexibility index (Phi) is 8.49. The van der Waals surface area contributed by atoms with Crippen molar-refractivity contribution in [3.63, 3.8) is 0 Å². The number of benzene rings is 1. The van der Waals surface area contributed by atoms with Crippen molar-refractivity contribution < 1.29 is 9.13 Å². The van der Waals surface area contributed by atoms with Crippen LogP contribution in [0.15, 0.2) is 12.1 Å². The van der Waals surface area contributed by atoms with Gasteiger partial charge in [0.05, 0.1) is 6.10 Å². The van der Waals surface area contributed by atoms with Crippen molar-refractivity contribution in [1.82, 2.24) is 0 Å². The summed E-state index contributed by atoms with van der Waals surface area (Å²) in [4.78, 5) is 0. The van der Waals surface area contributed by atoms with Crippen LogP contribution in [0.2, 0.25) is 0 Å². The van der Waals surface area contributed by atoms with Gasteiger partial charge >= 0.3 is 0 Å². The molecule has 1 nitrogen and oxygen atoms in total. The lowest BCUT2D eigenvalue weighted by Crippen LogP contribution is -2.34. The lowest BCUT2D eigenvalue weighted by atomic mass is 9.65. The van der Waals surface area contributed by atoms with Gasteiger partial charge in [-0.3, -0.25) is 0 Å². The van der Waals surface area contributed by atoms with Crippen molar-refractivity contribution in [3.8, 4) is 0 Å². The Morgan fingerprint density at radius 1 is 0.903 bits per heavy atom. The summed E-state index contributed by atoms with van der Waals surface area (Å²) in [5.74, 6) is 2.96. The lowest BCUT2D eigenvalue weighted by Gasteiger charge is -2.42. The van der Waals surface area contributed by atoms with Gasteiger partial charge in [-0.25, -0.2) is 4.39 Å². The van der Waals surface area contributed by atoms with Gasteiger partial charge in [0.2, 0.25) is 0 Å². The molecule has 0 heterocycles. The zero-order valence-corrected chi connectivity index (χ0v) is 20.1. The van der Waals surface area contributed by atoms with E-state index in [2.05, 4.69) is 26.0 Å². The largest absolute Gasteiger partial charge is 0.378 e. The van der Waals surface area contributed by atoms with Crippen molar-refractivity contribution in [2.45, 2.75) is 122 Å². The SMILES string of the molecule is CCCCCCOC1CCC2CC(c3ccc4c(c3F)CCC(CCC)C4)CCC2C1. The number of unbranched alkanes of at least 4 members (excludes halogenated alkanes) is 3. The normalized spacial score (nSPS) is 30.6. The van der Waals surface area contributed by atoms with Gasteiger partial charge < -0.3 is 4.74 Å². The monoisotopic (exact) mass is 428 g/mol. The maximum Gasteiger partial charge on any atom is 0.130 e. The molecule has 0 amide bonds. The lowest BCUT2D eigenvalue weighted by molar-refractivity contribution is -0.0164. The second-order valence-corrected chi connectivity index (χ2v) is 10.9. The summed E-state index contributed by atoms with van der Waals surface area (Å²) >= 11 is 0. The molecular weight excluding hydrogens is 383 g/mol. The van der Waals surface area contributed by atoms with Crippen LogP contribution in [0.3, 0.4) is 0 Å². The molecule has 31 heavy (non-hydrogen) atoms. The molecule has 2 heteroatoms. The van der Waals surface area contributed by atoms with Crippen LogP contribution in [0.5, 0.6) is 0 Å². The van der Waals surface area contributed by atoms with Crippen LogP contribution in [0, 0.1) is 23.6 Å². The molecule has 1 aromatic rings. The van der Waals surface area contributed by atoms with Gasteiger partial charge in [-0.15, -0.1) is 0 Å². The van der Waals surface area contributed by atoms with E-state index in [-0.39, 0.29) is 5.82 Å². The van der Waals surface area contributed by atoms with Crippen molar-refractivity contribution in [1.29, 1.82) is 0 Å². The van der Waals surface area contributed by atoms with E-state index >= 15 is 4.39 Å². The van der Waals surface area contributed by atoms with E-state index in [4.69, 9.17) is 4.74 Å². The summed E-state index contributed by atoms with van der Waals surface area (Å²) in [6, 6.07) is 4.45. The molecule has 0 aliphatic heterocycles. The van der Waals surface area contributed by atoms with Crippen LogP contribution >= 0.6 is 0 Å². The number of fused-ring (bicyclic) bond motifs is 2. The quantitative estimate of drug-likeness (QED) is 0.359. The minimum atomic E-state index is 0.167. The molecule has 2 fully saturated rings. The molecule has 0 saturated heterocycles. The first-order valence-corrected chi connectivity index (χ1v) is 13.6. The molecule has 5 atom stereocenters. The van der Waals surface area contributed by atoms with Crippen molar-refractivity contribution in [2.75, 3.05) is 6.61 Å². The molecule has 2 saturated carbocycles. The molecule has 5 unspecified atom stereocenters. The number of hydrogen-bond acceptors (Lipinski definition) is 1. The fourth-order valence-corrected chi connectivity index (χ4v) is 6.93. The van der Waals surface area contributed by atoms with Crippen molar-refractivity contribution in [3.05, 3.63) is 34.6 Å². The Hall–Kier alpha value is -0.890. The van der Waals surface area contributed by atoms with Gasteiger partial charge in [-0.2, -0.15) is 0 Å². The maximum absolute atomic E-state index is 15.5. The fraction of sp³-hybridized carbons (Fsp3) is 0.793. The Morgan fingerprint density at radius 2 is 1.74 bits per heavy atom. The molecule has 0 bridgehead atoms. The van der Waals surface area contributed by atoms with E-state index < -0.39 is 0 Å². The van der Waals surface area contributed by atoms with Gasteiger partial charge in [0.25, 0.3) is 0 Å². The van der Waals surface area contributed by atoms with Crippen LogP contribution in [-0.2, 0) is 17.6 Å². The van der Waals surface area contributed by atoms with Crippen LogP contribution in [0.1, 0.15) is 120 Å². The minimum Gasteiger partial charge on any atom is -0.378 e. The summed E-state index contributed by atoms with van der Waals surface area (Å²) in [5.41, 5.74) is 3.41. The van der Waals surface area contributed by atoms with E-state index in [0.29, 0.717) is 12.0 Å². The molecule has 1 aromatic carbocycles. The molecule has 3 aliphatic rings. The Balaban J connectivity index is 1.31. The third-order valence-corrected chi connectivity index (χ3v) is 8.73. The fourth-order valence-electron chi connectivity index (χ4n) is 6.93. The van der Waals surface area contributed by atoms with Crippen LogP contribution in [0.25, 0.3) is 0 Å². The third kappa shape index (κ3) is 5.73. The molecule has 0 N–H and O–H groups in total. The maximum atomic E-state index is 15.5. The Morgan fingerprint density at radius 3 is 2.58 bits per heavy atom. The van der Waals surface area contributed by atoms with E-state index in [1.54, 1.807) is 0 Å². The number of hydrogen-bond donors (Lipinski definition) is 0. The Bertz CT molecular complexity index is 698. The highest BCUT2D eigenvalue weighted by Crippen LogP contribution is 2.47. The highest BCUT2D eigenvalue weighted by Gasteiger charge is 2.37. The molecule has 3 aliphatic carbocycles. The molecule has 174 valence electrons. The number of halogens is 1. The third-order valence-electron chi connectivity index (χ3n) is 8.73.